The molecule has 0 aromatic heterocycles. The number of aldehydes is 1. The van der Waals surface area contributed by atoms with Gasteiger partial charge in [-0.3, -0.25) is 9.59 Å². The quantitative estimate of drug-likeness (QED) is 0.586. The maximum absolute atomic E-state index is 13.0. The van der Waals surface area contributed by atoms with Gasteiger partial charge in [0.25, 0.3) is 0 Å². The zero-order valence-electron chi connectivity index (χ0n) is 17.1. The summed E-state index contributed by atoms with van der Waals surface area (Å²) in [5.74, 6) is -0.153. The van der Waals surface area contributed by atoms with E-state index in [1.165, 1.54) is 4.90 Å². The van der Waals surface area contributed by atoms with Gasteiger partial charge in [0.05, 0.1) is 11.6 Å². The summed E-state index contributed by atoms with van der Waals surface area (Å²) in [7, 11) is 1.62. The smallest absolute Gasteiger partial charge is 0.245 e. The monoisotopic (exact) mass is 355 g/mol. The number of amides is 2. The molecule has 0 saturated heterocycles. The number of carbonyl (C=O) groups excluding carboxylic acids is 3. The fourth-order valence-corrected chi connectivity index (χ4v) is 2.94. The lowest BCUT2D eigenvalue weighted by atomic mass is 9.89. The Morgan fingerprint density at radius 3 is 2.00 bits per heavy atom. The number of nitrogens with two attached hydrogens (primary N) is 1. The molecule has 0 aromatic rings. The molecular weight excluding hydrogens is 318 g/mol. The first-order chi connectivity index (χ1) is 11.4. The third-order valence-electron chi connectivity index (χ3n) is 4.46. The van der Waals surface area contributed by atoms with E-state index in [0.29, 0.717) is 18.8 Å². The van der Waals surface area contributed by atoms with Crippen LogP contribution in [0, 0.1) is 17.8 Å². The zero-order chi connectivity index (χ0) is 19.9. The van der Waals surface area contributed by atoms with Gasteiger partial charge in [-0.1, -0.05) is 41.5 Å². The van der Waals surface area contributed by atoms with Crippen molar-refractivity contribution in [2.24, 2.45) is 23.5 Å². The molecular formula is C19H37N3O3. The second kappa shape index (κ2) is 9.90. The number of rotatable bonds is 10. The highest BCUT2D eigenvalue weighted by Gasteiger charge is 2.38. The van der Waals surface area contributed by atoms with Crippen molar-refractivity contribution in [3.05, 3.63) is 0 Å². The predicted molar refractivity (Wildman–Crippen MR) is 101 cm³/mol. The second-order valence-corrected chi connectivity index (χ2v) is 8.44. The predicted octanol–water partition coefficient (Wildman–Crippen LogP) is 1.96. The number of likely N-dealkylation sites (N-methyl/N-ethyl adjacent to an activating group) is 1. The van der Waals surface area contributed by atoms with Crippen molar-refractivity contribution in [1.29, 1.82) is 0 Å². The van der Waals surface area contributed by atoms with Crippen LogP contribution in [0.5, 0.6) is 0 Å². The Labute approximate surface area is 152 Å². The Morgan fingerprint density at radius 2 is 1.64 bits per heavy atom. The minimum Gasteiger partial charge on any atom is -0.343 e. The van der Waals surface area contributed by atoms with Crippen LogP contribution in [0.4, 0.5) is 0 Å². The minimum atomic E-state index is -0.900. The maximum Gasteiger partial charge on any atom is 0.245 e. The highest BCUT2D eigenvalue weighted by atomic mass is 16.2. The van der Waals surface area contributed by atoms with Gasteiger partial charge < -0.3 is 20.7 Å². The van der Waals surface area contributed by atoms with Gasteiger partial charge in [-0.05, 0) is 37.5 Å². The lowest BCUT2D eigenvalue weighted by Crippen LogP contribution is -2.59. The lowest BCUT2D eigenvalue weighted by molar-refractivity contribution is -0.144. The number of nitrogens with zero attached hydrogens (tertiary/aromatic N) is 1. The third-order valence-corrected chi connectivity index (χ3v) is 4.46. The van der Waals surface area contributed by atoms with Crippen LogP contribution >= 0.6 is 0 Å². The molecule has 0 aliphatic carbocycles. The standard InChI is InChI=1S/C19H37N3O3/c1-12(2)9-15(20)17(24)21-16(14(5)6)18(25)22(8)19(7,11-23)10-13(3)4/h11-16H,9-10,20H2,1-8H3,(H,21,24)/t15-,16-,19-/m0/s1. The van der Waals surface area contributed by atoms with Crippen molar-refractivity contribution in [2.45, 2.75) is 78.9 Å². The van der Waals surface area contributed by atoms with Gasteiger partial charge in [0.1, 0.15) is 12.3 Å². The summed E-state index contributed by atoms with van der Waals surface area (Å²) >= 11 is 0. The molecule has 6 heteroatoms. The Hall–Kier alpha value is -1.43. The molecule has 146 valence electrons. The van der Waals surface area contributed by atoms with Crippen LogP contribution in [0.2, 0.25) is 0 Å². The summed E-state index contributed by atoms with van der Waals surface area (Å²) in [4.78, 5) is 38.4. The van der Waals surface area contributed by atoms with Crippen LogP contribution < -0.4 is 11.1 Å². The summed E-state index contributed by atoms with van der Waals surface area (Å²) in [5, 5.41) is 2.78. The Bertz CT molecular complexity index is 463. The molecule has 6 nitrogen and oxygen atoms in total. The van der Waals surface area contributed by atoms with Gasteiger partial charge in [-0.15, -0.1) is 0 Å². The molecule has 0 bridgehead atoms. The molecule has 0 rings (SSSR count). The average Bonchev–Trinajstić information content (AvgIpc) is 2.48. The van der Waals surface area contributed by atoms with Crippen molar-refractivity contribution in [1.82, 2.24) is 10.2 Å². The third kappa shape index (κ3) is 7.14. The summed E-state index contributed by atoms with van der Waals surface area (Å²) in [6.45, 7) is 13.5. The molecule has 0 radical (unpaired) electrons. The normalized spacial score (nSPS) is 16.5. The summed E-state index contributed by atoms with van der Waals surface area (Å²) in [6, 6.07) is -1.35. The summed E-state index contributed by atoms with van der Waals surface area (Å²) in [5.41, 5.74) is 5.03. The van der Waals surface area contributed by atoms with E-state index in [9.17, 15) is 14.4 Å². The average molecular weight is 356 g/mol. The SMILES string of the molecule is CC(C)C[C@H](N)C(=O)N[C@H](C(=O)N(C)[C@](C)(C=O)CC(C)C)C(C)C. The number of hydrogen-bond acceptors (Lipinski definition) is 4. The number of nitrogens with one attached hydrogen (secondary N) is 1. The van der Waals surface area contributed by atoms with Crippen molar-refractivity contribution in [3.63, 3.8) is 0 Å². The highest BCUT2D eigenvalue weighted by Crippen LogP contribution is 2.22. The van der Waals surface area contributed by atoms with E-state index in [2.05, 4.69) is 5.32 Å². The highest BCUT2D eigenvalue weighted by molar-refractivity contribution is 5.91. The molecule has 25 heavy (non-hydrogen) atoms. The molecule has 0 unspecified atom stereocenters. The van der Waals surface area contributed by atoms with Crippen molar-refractivity contribution >= 4 is 18.1 Å². The van der Waals surface area contributed by atoms with E-state index in [0.717, 1.165) is 6.29 Å². The maximum atomic E-state index is 13.0. The Balaban J connectivity index is 5.29. The second-order valence-electron chi connectivity index (χ2n) is 8.44. The van der Waals surface area contributed by atoms with Crippen LogP contribution in [0.3, 0.4) is 0 Å². The van der Waals surface area contributed by atoms with Gasteiger partial charge in [-0.25, -0.2) is 0 Å². The molecule has 3 atom stereocenters. The molecule has 0 aliphatic heterocycles. The van der Waals surface area contributed by atoms with Gasteiger partial charge in [0, 0.05) is 7.05 Å². The largest absolute Gasteiger partial charge is 0.343 e. The Kier molecular flexibility index (Phi) is 9.33. The van der Waals surface area contributed by atoms with E-state index in [1.54, 1.807) is 14.0 Å². The van der Waals surface area contributed by atoms with Crippen LogP contribution in [-0.2, 0) is 14.4 Å². The molecule has 0 aromatic carbocycles. The van der Waals surface area contributed by atoms with Crippen molar-refractivity contribution in [3.8, 4) is 0 Å². The molecule has 2 amide bonds. The van der Waals surface area contributed by atoms with Gasteiger partial charge in [0.2, 0.25) is 11.8 Å². The first-order valence-corrected chi connectivity index (χ1v) is 9.15. The molecule has 3 N–H and O–H groups in total. The minimum absolute atomic E-state index is 0.111. The van der Waals surface area contributed by atoms with Crippen molar-refractivity contribution < 1.29 is 14.4 Å². The van der Waals surface area contributed by atoms with Crippen LogP contribution in [-0.4, -0.2) is 47.7 Å². The molecule has 0 aliphatic rings. The van der Waals surface area contributed by atoms with E-state index in [4.69, 9.17) is 5.73 Å². The van der Waals surface area contributed by atoms with Crippen molar-refractivity contribution in [2.75, 3.05) is 7.05 Å². The lowest BCUT2D eigenvalue weighted by Gasteiger charge is -2.38. The van der Waals surface area contributed by atoms with Gasteiger partial charge >= 0.3 is 0 Å². The number of hydrogen-bond donors (Lipinski definition) is 2. The molecule has 0 saturated carbocycles. The van der Waals surface area contributed by atoms with E-state index < -0.39 is 17.6 Å². The molecule has 0 heterocycles. The first-order valence-electron chi connectivity index (χ1n) is 9.15. The van der Waals surface area contributed by atoms with Crippen LogP contribution in [0.1, 0.15) is 61.3 Å². The van der Waals surface area contributed by atoms with Crippen LogP contribution in [0.25, 0.3) is 0 Å². The summed E-state index contributed by atoms with van der Waals surface area (Å²) < 4.78 is 0. The zero-order valence-corrected chi connectivity index (χ0v) is 17.1. The molecule has 0 fully saturated rings. The van der Waals surface area contributed by atoms with E-state index in [1.807, 2.05) is 41.5 Å². The molecule has 0 spiro atoms. The fourth-order valence-electron chi connectivity index (χ4n) is 2.94. The van der Waals surface area contributed by atoms with Crippen LogP contribution in [0.15, 0.2) is 0 Å². The topological polar surface area (TPSA) is 92.5 Å². The van der Waals surface area contributed by atoms with Gasteiger partial charge in [-0.2, -0.15) is 0 Å². The Morgan fingerprint density at radius 1 is 1.12 bits per heavy atom. The van der Waals surface area contributed by atoms with E-state index in [-0.39, 0.29) is 23.7 Å². The fraction of sp³-hybridized carbons (Fsp3) is 0.842. The van der Waals surface area contributed by atoms with Gasteiger partial charge in [0.15, 0.2) is 0 Å². The van der Waals surface area contributed by atoms with E-state index >= 15 is 0 Å². The number of carbonyl (C=O) groups is 3. The first kappa shape index (κ1) is 23.6. The summed E-state index contributed by atoms with van der Waals surface area (Å²) in [6.07, 6.45) is 1.93.